The number of hydrogen-bond acceptors (Lipinski definition) is 5. The molecule has 3 aromatic rings. The summed E-state index contributed by atoms with van der Waals surface area (Å²) in [7, 11) is -4.20. The van der Waals surface area contributed by atoms with Crippen LogP contribution in [0.1, 0.15) is 25.3 Å². The fraction of sp³-hybridized carbons (Fsp3) is 0.333. The Bertz CT molecular complexity index is 1440. The van der Waals surface area contributed by atoms with Crippen molar-refractivity contribution in [2.24, 2.45) is 0 Å². The Kier molecular flexibility index (Phi) is 10.3. The molecule has 0 aliphatic heterocycles. The van der Waals surface area contributed by atoms with Crippen LogP contribution in [0.2, 0.25) is 0 Å². The Balaban J connectivity index is 1.98. The standard InChI is InChI=1S/C27H26F8N2O4S/c1-2-20(15-24(38)26(31,32)33)37(16-17-5-3-8-22(13-17)41-27(34,35)25(29)30)21-7-4-6-19(14-21)36-42(39,40)23-11-9-18(28)10-12-23/h3-14,20,24-25,36,38H,2,15-16H2,1H3. The molecular formula is C27H26F8N2O4S. The normalized spacial score (nSPS) is 14.0. The largest absolute Gasteiger partial charge is 0.461 e. The maximum Gasteiger partial charge on any atom is 0.461 e. The van der Waals surface area contributed by atoms with E-state index in [4.69, 9.17) is 0 Å². The summed E-state index contributed by atoms with van der Waals surface area (Å²) in [6.07, 6.45) is -17.3. The van der Waals surface area contributed by atoms with E-state index in [0.717, 1.165) is 36.4 Å². The van der Waals surface area contributed by atoms with E-state index in [1.165, 1.54) is 41.3 Å². The lowest BCUT2D eigenvalue weighted by Crippen LogP contribution is -2.41. The van der Waals surface area contributed by atoms with E-state index in [1.54, 1.807) is 6.92 Å². The van der Waals surface area contributed by atoms with Crippen LogP contribution in [0.5, 0.6) is 5.75 Å². The summed E-state index contributed by atoms with van der Waals surface area (Å²) in [6, 6.07) is 13.1. The molecule has 2 N–H and O–H groups in total. The second-order valence-corrected chi connectivity index (χ2v) is 10.9. The van der Waals surface area contributed by atoms with Gasteiger partial charge >= 0.3 is 18.7 Å². The van der Waals surface area contributed by atoms with Crippen molar-refractivity contribution in [2.45, 2.75) is 62.1 Å². The molecule has 230 valence electrons. The maximum atomic E-state index is 13.5. The molecule has 42 heavy (non-hydrogen) atoms. The van der Waals surface area contributed by atoms with Crippen LogP contribution in [0, 0.1) is 5.82 Å². The molecule has 15 heteroatoms. The summed E-state index contributed by atoms with van der Waals surface area (Å²) in [5.74, 6) is -1.28. The molecule has 0 aromatic heterocycles. The van der Waals surface area contributed by atoms with Crippen LogP contribution in [0.4, 0.5) is 46.5 Å². The first-order chi connectivity index (χ1) is 19.5. The van der Waals surface area contributed by atoms with Crippen molar-refractivity contribution in [3.63, 3.8) is 0 Å². The molecular weight excluding hydrogens is 600 g/mol. The van der Waals surface area contributed by atoms with Crippen LogP contribution in [-0.4, -0.2) is 44.4 Å². The van der Waals surface area contributed by atoms with Crippen LogP contribution >= 0.6 is 0 Å². The first kappa shape index (κ1) is 32.9. The van der Waals surface area contributed by atoms with E-state index >= 15 is 0 Å². The quantitative estimate of drug-likeness (QED) is 0.201. The Labute approximate surface area is 236 Å². The molecule has 0 radical (unpaired) electrons. The number of anilines is 2. The van der Waals surface area contributed by atoms with E-state index in [1.807, 2.05) is 0 Å². The van der Waals surface area contributed by atoms with Crippen LogP contribution in [-0.2, 0) is 16.6 Å². The number of nitrogens with zero attached hydrogens (tertiary/aromatic N) is 1. The van der Waals surface area contributed by atoms with Crippen molar-refractivity contribution < 1.29 is 53.4 Å². The van der Waals surface area contributed by atoms with Crippen molar-refractivity contribution in [3.8, 4) is 5.75 Å². The summed E-state index contributed by atoms with van der Waals surface area (Å²) in [5, 5.41) is 9.78. The predicted molar refractivity (Wildman–Crippen MR) is 139 cm³/mol. The predicted octanol–water partition coefficient (Wildman–Crippen LogP) is 6.96. The minimum absolute atomic E-state index is 0.0123. The fourth-order valence-corrected chi connectivity index (χ4v) is 5.07. The average molecular weight is 627 g/mol. The number of ether oxygens (including phenoxy) is 1. The third-order valence-corrected chi connectivity index (χ3v) is 7.50. The van der Waals surface area contributed by atoms with Gasteiger partial charge in [-0.25, -0.2) is 12.8 Å². The summed E-state index contributed by atoms with van der Waals surface area (Å²) >= 11 is 0. The minimum atomic E-state index is -4.94. The van der Waals surface area contributed by atoms with Gasteiger partial charge in [-0.3, -0.25) is 4.72 Å². The zero-order chi connectivity index (χ0) is 31.3. The van der Waals surface area contributed by atoms with E-state index in [0.29, 0.717) is 0 Å². The number of nitrogens with one attached hydrogen (secondary N) is 1. The Hall–Kier alpha value is -3.59. The summed E-state index contributed by atoms with van der Waals surface area (Å²) in [6.45, 7) is 1.28. The van der Waals surface area contributed by atoms with E-state index in [-0.39, 0.29) is 34.8 Å². The highest BCUT2D eigenvalue weighted by Gasteiger charge is 2.44. The zero-order valence-electron chi connectivity index (χ0n) is 21.8. The van der Waals surface area contributed by atoms with Crippen LogP contribution < -0.4 is 14.4 Å². The summed E-state index contributed by atoms with van der Waals surface area (Å²) in [5.41, 5.74) is 0.344. The second-order valence-electron chi connectivity index (χ2n) is 9.20. The first-order valence-electron chi connectivity index (χ1n) is 12.4. The van der Waals surface area contributed by atoms with Crippen LogP contribution in [0.3, 0.4) is 0 Å². The van der Waals surface area contributed by atoms with Gasteiger partial charge in [0.25, 0.3) is 10.0 Å². The van der Waals surface area contributed by atoms with E-state index < -0.39 is 58.9 Å². The number of hydrogen-bond donors (Lipinski definition) is 2. The van der Waals surface area contributed by atoms with Crippen molar-refractivity contribution >= 4 is 21.4 Å². The number of aliphatic hydroxyl groups excluding tert-OH is 1. The van der Waals surface area contributed by atoms with Gasteiger partial charge in [-0.1, -0.05) is 25.1 Å². The lowest BCUT2D eigenvalue weighted by atomic mass is 10.0. The highest BCUT2D eigenvalue weighted by Crippen LogP contribution is 2.33. The third kappa shape index (κ3) is 8.71. The van der Waals surface area contributed by atoms with Crippen LogP contribution in [0.25, 0.3) is 0 Å². The molecule has 0 saturated heterocycles. The third-order valence-electron chi connectivity index (χ3n) is 6.10. The molecule has 0 aliphatic carbocycles. The number of halogens is 8. The molecule has 3 aromatic carbocycles. The zero-order valence-corrected chi connectivity index (χ0v) is 22.6. The monoisotopic (exact) mass is 626 g/mol. The van der Waals surface area contributed by atoms with Gasteiger partial charge in [-0.15, -0.1) is 0 Å². The molecule has 0 saturated carbocycles. The van der Waals surface area contributed by atoms with Gasteiger partial charge in [-0.05, 0) is 66.6 Å². The molecule has 0 heterocycles. The topological polar surface area (TPSA) is 78.9 Å². The number of rotatable bonds is 13. The van der Waals surface area contributed by atoms with Gasteiger partial charge < -0.3 is 14.7 Å². The number of benzene rings is 3. The summed E-state index contributed by atoms with van der Waals surface area (Å²) in [4.78, 5) is 1.12. The van der Waals surface area contributed by atoms with E-state index in [9.17, 15) is 48.6 Å². The number of aliphatic hydroxyl groups is 1. The second kappa shape index (κ2) is 13.2. The summed E-state index contributed by atoms with van der Waals surface area (Å²) < 4.78 is 137. The average Bonchev–Trinajstić information content (AvgIpc) is 2.90. The number of alkyl halides is 7. The Morgan fingerprint density at radius 2 is 1.60 bits per heavy atom. The van der Waals surface area contributed by atoms with Crippen molar-refractivity contribution in [2.75, 3.05) is 9.62 Å². The smallest absolute Gasteiger partial charge is 0.428 e. The molecule has 0 amide bonds. The molecule has 0 fully saturated rings. The van der Waals surface area contributed by atoms with Crippen molar-refractivity contribution in [1.29, 1.82) is 0 Å². The van der Waals surface area contributed by atoms with Gasteiger partial charge in [0.2, 0.25) is 0 Å². The van der Waals surface area contributed by atoms with Crippen LogP contribution in [0.15, 0.2) is 77.7 Å². The van der Waals surface area contributed by atoms with Gasteiger partial charge in [0.05, 0.1) is 10.6 Å². The highest BCUT2D eigenvalue weighted by molar-refractivity contribution is 7.92. The Morgan fingerprint density at radius 1 is 0.952 bits per heavy atom. The molecule has 6 nitrogen and oxygen atoms in total. The molecule has 2 atom stereocenters. The highest BCUT2D eigenvalue weighted by atomic mass is 32.2. The maximum absolute atomic E-state index is 13.5. The Morgan fingerprint density at radius 3 is 2.19 bits per heavy atom. The van der Waals surface area contributed by atoms with Gasteiger partial charge in [0.1, 0.15) is 11.6 Å². The number of sulfonamides is 1. The van der Waals surface area contributed by atoms with E-state index in [2.05, 4.69) is 9.46 Å². The first-order valence-corrected chi connectivity index (χ1v) is 13.8. The molecule has 0 bridgehead atoms. The fourth-order valence-electron chi connectivity index (χ4n) is 4.02. The molecule has 3 rings (SSSR count). The van der Waals surface area contributed by atoms with Crippen molar-refractivity contribution in [1.82, 2.24) is 0 Å². The molecule has 2 unspecified atom stereocenters. The molecule has 0 aliphatic rings. The van der Waals surface area contributed by atoms with Gasteiger partial charge in [-0.2, -0.15) is 30.7 Å². The van der Waals surface area contributed by atoms with Gasteiger partial charge in [0.15, 0.2) is 6.10 Å². The minimum Gasteiger partial charge on any atom is -0.428 e. The van der Waals surface area contributed by atoms with Gasteiger partial charge in [0, 0.05) is 24.7 Å². The lowest BCUT2D eigenvalue weighted by molar-refractivity contribution is -0.253. The molecule has 0 spiro atoms. The van der Waals surface area contributed by atoms with Crippen molar-refractivity contribution in [3.05, 3.63) is 84.2 Å². The SMILES string of the molecule is CCC(CC(O)C(F)(F)F)N(Cc1cccc(OC(F)(F)C(F)F)c1)c1cccc(NS(=O)(=O)c2ccc(F)cc2)c1. The lowest BCUT2D eigenvalue weighted by Gasteiger charge is -2.35.